The van der Waals surface area contributed by atoms with Gasteiger partial charge in [0.05, 0.1) is 0 Å². The first kappa shape index (κ1) is 17.4. The average molecular weight is 342 g/mol. The third-order valence-electron chi connectivity index (χ3n) is 4.30. The summed E-state index contributed by atoms with van der Waals surface area (Å²) < 4.78 is 19.1. The summed E-state index contributed by atoms with van der Waals surface area (Å²) in [7, 11) is 0. The van der Waals surface area contributed by atoms with E-state index in [9.17, 15) is 9.18 Å². The Morgan fingerprint density at radius 1 is 1.16 bits per heavy atom. The van der Waals surface area contributed by atoms with Gasteiger partial charge in [-0.3, -0.25) is 4.79 Å². The molecule has 25 heavy (non-hydrogen) atoms. The molecule has 0 unspecified atom stereocenters. The Kier molecular flexibility index (Phi) is 6.01. The molecule has 132 valence electrons. The molecule has 4 nitrogen and oxygen atoms in total. The predicted octanol–water partition coefficient (Wildman–Crippen LogP) is 3.12. The van der Waals surface area contributed by atoms with Gasteiger partial charge in [-0.2, -0.15) is 0 Å². The van der Waals surface area contributed by atoms with Gasteiger partial charge in [-0.1, -0.05) is 30.3 Å². The molecule has 0 radical (unpaired) electrons. The second kappa shape index (κ2) is 8.62. The highest BCUT2D eigenvalue weighted by molar-refractivity contribution is 5.78. The lowest BCUT2D eigenvalue weighted by Crippen LogP contribution is -2.32. The molecule has 0 aliphatic carbocycles. The van der Waals surface area contributed by atoms with Crippen LogP contribution in [0.3, 0.4) is 0 Å². The molecule has 1 amide bonds. The number of hydrogen-bond acceptors (Lipinski definition) is 3. The summed E-state index contributed by atoms with van der Waals surface area (Å²) in [5.74, 6) is 0.782. The van der Waals surface area contributed by atoms with E-state index in [4.69, 9.17) is 4.74 Å². The van der Waals surface area contributed by atoms with Crippen molar-refractivity contribution in [2.45, 2.75) is 26.0 Å². The van der Waals surface area contributed by atoms with Crippen molar-refractivity contribution in [3.63, 3.8) is 0 Å². The van der Waals surface area contributed by atoms with Gasteiger partial charge < -0.3 is 15.0 Å². The van der Waals surface area contributed by atoms with Crippen molar-refractivity contribution in [1.82, 2.24) is 10.2 Å². The number of halogens is 1. The summed E-state index contributed by atoms with van der Waals surface area (Å²) in [5.41, 5.74) is 1.85. The Hall–Kier alpha value is -2.40. The van der Waals surface area contributed by atoms with E-state index in [1.165, 1.54) is 12.1 Å². The number of carbonyl (C=O) groups excluding carboxylic acids is 1. The molecule has 1 aliphatic heterocycles. The predicted molar refractivity (Wildman–Crippen MR) is 94.7 cm³/mol. The number of rotatable bonds is 8. The maximum atomic E-state index is 13.2. The summed E-state index contributed by atoms with van der Waals surface area (Å²) in [6.07, 6.45) is 1.65. The Balaban J connectivity index is 1.49. The van der Waals surface area contributed by atoms with Crippen molar-refractivity contribution in [2.75, 3.05) is 19.6 Å². The smallest absolute Gasteiger partial charge is 0.222 e. The molecule has 0 aromatic heterocycles. The van der Waals surface area contributed by atoms with E-state index >= 15 is 0 Å². The summed E-state index contributed by atoms with van der Waals surface area (Å²) >= 11 is 0. The highest BCUT2D eigenvalue weighted by Gasteiger charge is 2.18. The minimum Gasteiger partial charge on any atom is -0.489 e. The molecule has 1 fully saturated rings. The van der Waals surface area contributed by atoms with Crippen molar-refractivity contribution in [2.24, 2.45) is 0 Å². The summed E-state index contributed by atoms with van der Waals surface area (Å²) in [6, 6.07) is 14.2. The van der Waals surface area contributed by atoms with Gasteiger partial charge in [-0.25, -0.2) is 4.39 Å². The second-order valence-electron chi connectivity index (χ2n) is 6.19. The minimum atomic E-state index is -0.257. The van der Waals surface area contributed by atoms with E-state index in [-0.39, 0.29) is 11.7 Å². The molecule has 5 heteroatoms. The van der Waals surface area contributed by atoms with Gasteiger partial charge in [0, 0.05) is 38.2 Å². The number of amides is 1. The van der Waals surface area contributed by atoms with Crippen molar-refractivity contribution < 1.29 is 13.9 Å². The fourth-order valence-electron chi connectivity index (χ4n) is 2.96. The van der Waals surface area contributed by atoms with E-state index < -0.39 is 0 Å². The quantitative estimate of drug-likeness (QED) is 0.750. The van der Waals surface area contributed by atoms with Gasteiger partial charge in [-0.05, 0) is 30.2 Å². The first-order valence-electron chi connectivity index (χ1n) is 8.66. The van der Waals surface area contributed by atoms with Crippen LogP contribution in [0.1, 0.15) is 24.0 Å². The largest absolute Gasteiger partial charge is 0.489 e. The van der Waals surface area contributed by atoms with Crippen molar-refractivity contribution in [3.05, 3.63) is 65.5 Å². The fraction of sp³-hybridized carbons (Fsp3) is 0.350. The molecule has 1 N–H and O–H groups in total. The first-order chi connectivity index (χ1) is 12.2. The molecule has 0 saturated carbocycles. The summed E-state index contributed by atoms with van der Waals surface area (Å²) in [6.45, 7) is 3.36. The van der Waals surface area contributed by atoms with Crippen LogP contribution in [0.2, 0.25) is 0 Å². The Bertz CT molecular complexity index is 720. The van der Waals surface area contributed by atoms with Crippen molar-refractivity contribution >= 4 is 5.91 Å². The van der Waals surface area contributed by atoms with Crippen LogP contribution in [0, 0.1) is 5.82 Å². The van der Waals surface area contributed by atoms with Gasteiger partial charge in [0.25, 0.3) is 0 Å². The SMILES string of the molecule is O=C1CCCN1CCNCc1ccccc1OCc1cccc(F)c1. The number of carbonyl (C=O) groups is 1. The maximum absolute atomic E-state index is 13.2. The molecule has 0 bridgehead atoms. The number of nitrogens with one attached hydrogen (secondary N) is 1. The van der Waals surface area contributed by atoms with E-state index in [0.29, 0.717) is 19.6 Å². The van der Waals surface area contributed by atoms with Gasteiger partial charge >= 0.3 is 0 Å². The zero-order valence-electron chi connectivity index (χ0n) is 14.2. The van der Waals surface area contributed by atoms with Crippen LogP contribution in [0.4, 0.5) is 4.39 Å². The number of hydrogen-bond donors (Lipinski definition) is 1. The molecular weight excluding hydrogens is 319 g/mol. The molecule has 1 saturated heterocycles. The highest BCUT2D eigenvalue weighted by Crippen LogP contribution is 2.19. The second-order valence-corrected chi connectivity index (χ2v) is 6.19. The van der Waals surface area contributed by atoms with Crippen LogP contribution >= 0.6 is 0 Å². The van der Waals surface area contributed by atoms with Crippen LogP contribution in [0.5, 0.6) is 5.75 Å². The zero-order chi connectivity index (χ0) is 17.5. The van der Waals surface area contributed by atoms with Crippen LogP contribution in [-0.2, 0) is 17.9 Å². The minimum absolute atomic E-state index is 0.251. The number of ether oxygens (including phenoxy) is 1. The molecule has 1 heterocycles. The average Bonchev–Trinajstić information content (AvgIpc) is 3.03. The molecule has 0 atom stereocenters. The normalized spacial score (nSPS) is 14.1. The highest BCUT2D eigenvalue weighted by atomic mass is 19.1. The van der Waals surface area contributed by atoms with Gasteiger partial charge in [0.15, 0.2) is 0 Å². The molecule has 0 spiro atoms. The lowest BCUT2D eigenvalue weighted by atomic mass is 10.2. The van der Waals surface area contributed by atoms with E-state index in [2.05, 4.69) is 5.32 Å². The molecule has 3 rings (SSSR count). The summed E-state index contributed by atoms with van der Waals surface area (Å²) in [4.78, 5) is 13.5. The number of likely N-dealkylation sites (tertiary alicyclic amines) is 1. The Labute approximate surface area is 147 Å². The Morgan fingerprint density at radius 2 is 2.04 bits per heavy atom. The lowest BCUT2D eigenvalue weighted by molar-refractivity contribution is -0.127. The van der Waals surface area contributed by atoms with Crippen LogP contribution in [0.15, 0.2) is 48.5 Å². The van der Waals surface area contributed by atoms with Crippen molar-refractivity contribution in [1.29, 1.82) is 0 Å². The standard InChI is InChI=1S/C20H23FN2O2/c21-18-7-3-5-16(13-18)15-25-19-8-2-1-6-17(19)14-22-10-12-23-11-4-9-20(23)24/h1-3,5-8,13,22H,4,9-12,14-15H2. The zero-order valence-corrected chi connectivity index (χ0v) is 14.2. The number of nitrogens with zero attached hydrogens (tertiary/aromatic N) is 1. The van der Waals surface area contributed by atoms with Crippen LogP contribution in [-0.4, -0.2) is 30.4 Å². The van der Waals surface area contributed by atoms with E-state index in [1.54, 1.807) is 6.07 Å². The molecule has 1 aliphatic rings. The Morgan fingerprint density at radius 3 is 2.84 bits per heavy atom. The first-order valence-corrected chi connectivity index (χ1v) is 8.66. The van der Waals surface area contributed by atoms with E-state index in [0.717, 1.165) is 42.9 Å². The molecule has 2 aromatic carbocycles. The van der Waals surface area contributed by atoms with Gasteiger partial charge in [-0.15, -0.1) is 0 Å². The third kappa shape index (κ3) is 5.03. The summed E-state index contributed by atoms with van der Waals surface area (Å²) in [5, 5.41) is 3.36. The maximum Gasteiger partial charge on any atom is 0.222 e. The van der Waals surface area contributed by atoms with Gasteiger partial charge in [0.2, 0.25) is 5.91 Å². The topological polar surface area (TPSA) is 41.6 Å². The molecular formula is C20H23FN2O2. The van der Waals surface area contributed by atoms with E-state index in [1.807, 2.05) is 35.2 Å². The van der Waals surface area contributed by atoms with Crippen LogP contribution in [0.25, 0.3) is 0 Å². The fourth-order valence-corrected chi connectivity index (χ4v) is 2.96. The number of para-hydroxylation sites is 1. The molecule has 2 aromatic rings. The third-order valence-corrected chi connectivity index (χ3v) is 4.30. The van der Waals surface area contributed by atoms with Gasteiger partial charge in [0.1, 0.15) is 18.2 Å². The van der Waals surface area contributed by atoms with Crippen molar-refractivity contribution in [3.8, 4) is 5.75 Å². The number of benzene rings is 2. The lowest BCUT2D eigenvalue weighted by Gasteiger charge is -2.16. The monoisotopic (exact) mass is 342 g/mol. The van der Waals surface area contributed by atoms with Crippen LogP contribution < -0.4 is 10.1 Å².